The summed E-state index contributed by atoms with van der Waals surface area (Å²) in [6, 6.07) is 3.98. The molecule has 1 aromatic rings. The molecule has 3 heterocycles. The molecule has 0 radical (unpaired) electrons. The summed E-state index contributed by atoms with van der Waals surface area (Å²) in [5.74, 6) is 1.05. The molecule has 0 aliphatic carbocycles. The van der Waals surface area contributed by atoms with Crippen LogP contribution < -0.4 is 10.6 Å². The smallest absolute Gasteiger partial charge is 0.133 e. The topological polar surface area (TPSA) is 51.4 Å². The predicted octanol–water partition coefficient (Wildman–Crippen LogP) is 0.377. The van der Waals surface area contributed by atoms with E-state index in [9.17, 15) is 0 Å². The Labute approximate surface area is 89.0 Å². The van der Waals surface area contributed by atoms with E-state index in [0.717, 1.165) is 37.7 Å². The second kappa shape index (κ2) is 3.18. The molecule has 2 fully saturated rings. The van der Waals surface area contributed by atoms with Crippen molar-refractivity contribution in [2.45, 2.75) is 6.54 Å². The first-order chi connectivity index (χ1) is 7.33. The van der Waals surface area contributed by atoms with Crippen LogP contribution in [0.3, 0.4) is 0 Å². The third-order valence-electron chi connectivity index (χ3n) is 3.26. The maximum absolute atomic E-state index is 5.69. The van der Waals surface area contributed by atoms with Crippen LogP contribution in [-0.2, 0) is 11.3 Å². The molecule has 1 spiro atoms. The molecule has 0 aromatic carbocycles. The van der Waals surface area contributed by atoms with Crippen LogP contribution in [0.1, 0.15) is 5.56 Å². The van der Waals surface area contributed by atoms with Crippen molar-refractivity contribution in [2.24, 2.45) is 11.1 Å². The van der Waals surface area contributed by atoms with Crippen LogP contribution in [0.2, 0.25) is 0 Å². The van der Waals surface area contributed by atoms with Crippen molar-refractivity contribution < 1.29 is 4.74 Å². The van der Waals surface area contributed by atoms with Crippen LogP contribution in [-0.4, -0.2) is 31.3 Å². The number of nitrogens with two attached hydrogens (primary N) is 1. The molecule has 1 aromatic heterocycles. The standard InChI is InChI=1S/C11H15N3O/c12-4-9-2-1-3-13-10(9)14-5-11(6-14)7-15-8-11/h1-3H,4-8,12H2. The van der Waals surface area contributed by atoms with E-state index >= 15 is 0 Å². The minimum atomic E-state index is 0.434. The number of hydrogen-bond acceptors (Lipinski definition) is 4. The van der Waals surface area contributed by atoms with Crippen LogP contribution >= 0.6 is 0 Å². The number of ether oxygens (including phenoxy) is 1. The summed E-state index contributed by atoms with van der Waals surface area (Å²) in [5.41, 5.74) is 7.26. The van der Waals surface area contributed by atoms with Crippen LogP contribution in [0.4, 0.5) is 5.82 Å². The summed E-state index contributed by atoms with van der Waals surface area (Å²) >= 11 is 0. The molecular formula is C11H15N3O. The highest BCUT2D eigenvalue weighted by Gasteiger charge is 2.49. The highest BCUT2D eigenvalue weighted by Crippen LogP contribution is 2.40. The lowest BCUT2D eigenvalue weighted by Crippen LogP contribution is -2.66. The third kappa shape index (κ3) is 1.33. The zero-order valence-corrected chi connectivity index (χ0v) is 8.65. The Morgan fingerprint density at radius 3 is 2.87 bits per heavy atom. The number of pyridine rings is 1. The zero-order chi connectivity index (χ0) is 10.3. The molecule has 0 saturated carbocycles. The van der Waals surface area contributed by atoms with Gasteiger partial charge < -0.3 is 15.4 Å². The Balaban J connectivity index is 1.77. The van der Waals surface area contributed by atoms with E-state index in [1.807, 2.05) is 18.3 Å². The van der Waals surface area contributed by atoms with E-state index in [-0.39, 0.29) is 0 Å². The number of hydrogen-bond donors (Lipinski definition) is 1. The number of aromatic nitrogens is 1. The van der Waals surface area contributed by atoms with E-state index in [1.54, 1.807) is 0 Å². The molecule has 2 aliphatic rings. The molecule has 0 unspecified atom stereocenters. The highest BCUT2D eigenvalue weighted by molar-refractivity contribution is 5.50. The number of anilines is 1. The lowest BCUT2D eigenvalue weighted by molar-refractivity contribution is -0.127. The van der Waals surface area contributed by atoms with Crippen molar-refractivity contribution >= 4 is 5.82 Å². The second-order valence-corrected chi connectivity index (χ2v) is 4.54. The summed E-state index contributed by atoms with van der Waals surface area (Å²) in [5, 5.41) is 0. The van der Waals surface area contributed by atoms with E-state index in [0.29, 0.717) is 12.0 Å². The summed E-state index contributed by atoms with van der Waals surface area (Å²) in [7, 11) is 0. The van der Waals surface area contributed by atoms with Gasteiger partial charge in [-0.05, 0) is 6.07 Å². The monoisotopic (exact) mass is 205 g/mol. The number of nitrogens with zero attached hydrogens (tertiary/aromatic N) is 2. The van der Waals surface area contributed by atoms with Crippen molar-refractivity contribution in [1.82, 2.24) is 4.98 Å². The highest BCUT2D eigenvalue weighted by atomic mass is 16.5. The van der Waals surface area contributed by atoms with Gasteiger partial charge in [0, 0.05) is 31.4 Å². The fourth-order valence-electron chi connectivity index (χ4n) is 2.36. The second-order valence-electron chi connectivity index (χ2n) is 4.54. The minimum absolute atomic E-state index is 0.434. The fourth-order valence-corrected chi connectivity index (χ4v) is 2.36. The van der Waals surface area contributed by atoms with Crippen molar-refractivity contribution in [3.8, 4) is 0 Å². The van der Waals surface area contributed by atoms with Crippen molar-refractivity contribution in [3.63, 3.8) is 0 Å². The maximum atomic E-state index is 5.69. The van der Waals surface area contributed by atoms with Crippen LogP contribution in [0, 0.1) is 5.41 Å². The lowest BCUT2D eigenvalue weighted by Gasteiger charge is -2.55. The van der Waals surface area contributed by atoms with Gasteiger partial charge in [0.15, 0.2) is 0 Å². The average molecular weight is 205 g/mol. The van der Waals surface area contributed by atoms with Crippen molar-refractivity contribution in [3.05, 3.63) is 23.9 Å². The Bertz CT molecular complexity index is 368. The SMILES string of the molecule is NCc1cccnc1N1CC2(COC2)C1. The van der Waals surface area contributed by atoms with Crippen molar-refractivity contribution in [1.29, 1.82) is 0 Å². The molecular weight excluding hydrogens is 190 g/mol. The van der Waals surface area contributed by atoms with Gasteiger partial charge in [0.25, 0.3) is 0 Å². The average Bonchev–Trinajstić information content (AvgIpc) is 2.14. The largest absolute Gasteiger partial charge is 0.380 e. The van der Waals surface area contributed by atoms with Gasteiger partial charge in [-0.25, -0.2) is 4.98 Å². The van der Waals surface area contributed by atoms with Gasteiger partial charge in [-0.2, -0.15) is 0 Å². The summed E-state index contributed by atoms with van der Waals surface area (Å²) < 4.78 is 5.25. The first-order valence-electron chi connectivity index (χ1n) is 5.30. The Hall–Kier alpha value is -1.13. The molecule has 0 atom stereocenters. The molecule has 2 aliphatic heterocycles. The van der Waals surface area contributed by atoms with Gasteiger partial charge in [0.05, 0.1) is 18.6 Å². The van der Waals surface area contributed by atoms with Gasteiger partial charge in [0.2, 0.25) is 0 Å². The molecule has 3 rings (SSSR count). The predicted molar refractivity (Wildman–Crippen MR) is 57.6 cm³/mol. The zero-order valence-electron chi connectivity index (χ0n) is 8.65. The summed E-state index contributed by atoms with van der Waals surface area (Å²) in [6.45, 7) is 4.51. The van der Waals surface area contributed by atoms with Gasteiger partial charge >= 0.3 is 0 Å². The molecule has 2 saturated heterocycles. The number of rotatable bonds is 2. The molecule has 0 amide bonds. The Morgan fingerprint density at radius 2 is 2.27 bits per heavy atom. The lowest BCUT2D eigenvalue weighted by atomic mass is 9.78. The summed E-state index contributed by atoms with van der Waals surface area (Å²) in [4.78, 5) is 6.70. The van der Waals surface area contributed by atoms with Crippen LogP contribution in [0.5, 0.6) is 0 Å². The van der Waals surface area contributed by atoms with Gasteiger partial charge in [-0.15, -0.1) is 0 Å². The molecule has 4 heteroatoms. The van der Waals surface area contributed by atoms with E-state index in [2.05, 4.69) is 9.88 Å². The molecule has 80 valence electrons. The quantitative estimate of drug-likeness (QED) is 0.758. The first-order valence-corrected chi connectivity index (χ1v) is 5.30. The van der Waals surface area contributed by atoms with Crippen molar-refractivity contribution in [2.75, 3.05) is 31.2 Å². The van der Waals surface area contributed by atoms with Crippen LogP contribution in [0.25, 0.3) is 0 Å². The summed E-state index contributed by atoms with van der Waals surface area (Å²) in [6.07, 6.45) is 1.83. The molecule has 2 N–H and O–H groups in total. The molecule has 0 bridgehead atoms. The van der Waals surface area contributed by atoms with Gasteiger partial charge in [0.1, 0.15) is 5.82 Å². The fraction of sp³-hybridized carbons (Fsp3) is 0.545. The normalized spacial score (nSPS) is 22.3. The molecule has 4 nitrogen and oxygen atoms in total. The Kier molecular flexibility index (Phi) is 1.94. The third-order valence-corrected chi connectivity index (χ3v) is 3.26. The van der Waals surface area contributed by atoms with Crippen LogP contribution in [0.15, 0.2) is 18.3 Å². The van der Waals surface area contributed by atoms with E-state index in [1.165, 1.54) is 0 Å². The van der Waals surface area contributed by atoms with E-state index in [4.69, 9.17) is 10.5 Å². The molecule has 15 heavy (non-hydrogen) atoms. The Morgan fingerprint density at radius 1 is 1.47 bits per heavy atom. The first kappa shape index (κ1) is 9.12. The van der Waals surface area contributed by atoms with E-state index < -0.39 is 0 Å². The minimum Gasteiger partial charge on any atom is -0.380 e. The van der Waals surface area contributed by atoms with Gasteiger partial charge in [-0.1, -0.05) is 6.07 Å². The van der Waals surface area contributed by atoms with Gasteiger partial charge in [-0.3, -0.25) is 0 Å². The maximum Gasteiger partial charge on any atom is 0.133 e.